The molecule has 0 bridgehead atoms. The Balaban J connectivity index is 2.23. The van der Waals surface area contributed by atoms with E-state index in [1.54, 1.807) is 18.2 Å². The van der Waals surface area contributed by atoms with Gasteiger partial charge in [-0.1, -0.05) is 27.5 Å². The summed E-state index contributed by atoms with van der Waals surface area (Å²) >= 11 is 9.26. The smallest absolute Gasteiger partial charge is 0.269 e. The van der Waals surface area contributed by atoms with Crippen molar-refractivity contribution in [3.05, 3.63) is 45.5 Å². The van der Waals surface area contributed by atoms with E-state index in [1.165, 1.54) is 12.1 Å². The Morgan fingerprint density at radius 2 is 2.06 bits per heavy atom. The minimum Gasteiger partial charge on any atom is -0.436 e. The van der Waals surface area contributed by atoms with Crippen LogP contribution in [0, 0.1) is 0 Å². The Hall–Kier alpha value is -1.66. The van der Waals surface area contributed by atoms with Crippen molar-refractivity contribution in [2.24, 2.45) is 5.73 Å². The van der Waals surface area contributed by atoms with Crippen molar-refractivity contribution in [1.29, 1.82) is 0 Å². The van der Waals surface area contributed by atoms with E-state index in [-0.39, 0.29) is 11.6 Å². The number of rotatable bonds is 3. The van der Waals surface area contributed by atoms with Gasteiger partial charge in [0.15, 0.2) is 5.69 Å². The molecule has 0 unspecified atom stereocenters. The molecule has 0 aliphatic heterocycles. The molecule has 92 valence electrons. The minimum absolute atomic E-state index is 0.0719. The maximum Gasteiger partial charge on any atom is 0.269 e. The highest BCUT2D eigenvalue weighted by Gasteiger charge is 2.07. The summed E-state index contributed by atoms with van der Waals surface area (Å²) in [6, 6.07) is 8.09. The molecule has 0 radical (unpaired) electrons. The number of carbonyl (C=O) groups is 1. The van der Waals surface area contributed by atoms with Crippen molar-refractivity contribution in [2.45, 2.75) is 0 Å². The SMILES string of the molecule is NC(=O)c1ccc(Oc2cc(Br)ccc2Cl)nn1. The molecule has 1 aromatic heterocycles. The van der Waals surface area contributed by atoms with Gasteiger partial charge in [-0.3, -0.25) is 4.79 Å². The second-order valence-corrected chi connectivity index (χ2v) is 4.62. The first-order valence-electron chi connectivity index (χ1n) is 4.82. The monoisotopic (exact) mass is 327 g/mol. The van der Waals surface area contributed by atoms with Crippen LogP contribution in [0.3, 0.4) is 0 Å². The minimum atomic E-state index is -0.644. The highest BCUT2D eigenvalue weighted by Crippen LogP contribution is 2.30. The number of primary amides is 1. The standard InChI is InChI=1S/C11H7BrClN3O2/c12-6-1-2-7(13)9(5-6)18-10-4-3-8(11(14)17)15-16-10/h1-5H,(H2,14,17). The first-order valence-corrected chi connectivity index (χ1v) is 6.00. The maximum atomic E-state index is 10.8. The number of ether oxygens (including phenoxy) is 1. The molecule has 1 heterocycles. The van der Waals surface area contributed by atoms with Crippen LogP contribution in [0.15, 0.2) is 34.8 Å². The van der Waals surface area contributed by atoms with Crippen LogP contribution in [0.2, 0.25) is 5.02 Å². The van der Waals surface area contributed by atoms with E-state index >= 15 is 0 Å². The largest absolute Gasteiger partial charge is 0.436 e. The number of carbonyl (C=O) groups excluding carboxylic acids is 1. The number of amides is 1. The lowest BCUT2D eigenvalue weighted by Gasteiger charge is -2.06. The van der Waals surface area contributed by atoms with Gasteiger partial charge in [0.1, 0.15) is 5.75 Å². The molecule has 0 saturated heterocycles. The molecule has 2 N–H and O–H groups in total. The van der Waals surface area contributed by atoms with Gasteiger partial charge in [0.05, 0.1) is 5.02 Å². The van der Waals surface area contributed by atoms with Gasteiger partial charge in [-0.05, 0) is 24.3 Å². The van der Waals surface area contributed by atoms with Gasteiger partial charge in [-0.15, -0.1) is 10.2 Å². The zero-order chi connectivity index (χ0) is 13.1. The van der Waals surface area contributed by atoms with E-state index in [0.29, 0.717) is 10.8 Å². The molecule has 2 rings (SSSR count). The Morgan fingerprint density at radius 1 is 1.28 bits per heavy atom. The molecular weight excluding hydrogens is 321 g/mol. The molecule has 1 aromatic carbocycles. The summed E-state index contributed by atoms with van der Waals surface area (Å²) in [6.45, 7) is 0. The van der Waals surface area contributed by atoms with Crippen molar-refractivity contribution in [3.63, 3.8) is 0 Å². The van der Waals surface area contributed by atoms with Crippen molar-refractivity contribution in [3.8, 4) is 11.6 Å². The normalized spacial score (nSPS) is 10.1. The molecule has 2 aromatic rings. The number of aromatic nitrogens is 2. The fourth-order valence-corrected chi connectivity index (χ4v) is 1.67. The summed E-state index contributed by atoms with van der Waals surface area (Å²) in [6.07, 6.45) is 0. The topological polar surface area (TPSA) is 78.1 Å². The molecule has 1 amide bonds. The Bertz CT molecular complexity index is 589. The van der Waals surface area contributed by atoms with Gasteiger partial charge in [0, 0.05) is 10.5 Å². The molecular formula is C11H7BrClN3O2. The predicted molar refractivity (Wildman–Crippen MR) is 69.8 cm³/mol. The van der Waals surface area contributed by atoms with Crippen LogP contribution in [-0.2, 0) is 0 Å². The average molecular weight is 329 g/mol. The quantitative estimate of drug-likeness (QED) is 0.939. The van der Waals surface area contributed by atoms with Crippen LogP contribution in [0.5, 0.6) is 11.6 Å². The van der Waals surface area contributed by atoms with E-state index in [4.69, 9.17) is 22.1 Å². The van der Waals surface area contributed by atoms with Crippen molar-refractivity contribution < 1.29 is 9.53 Å². The summed E-state index contributed by atoms with van der Waals surface area (Å²) < 4.78 is 6.26. The number of hydrogen-bond acceptors (Lipinski definition) is 4. The third-order valence-electron chi connectivity index (χ3n) is 2.00. The number of hydrogen-bond donors (Lipinski definition) is 1. The van der Waals surface area contributed by atoms with E-state index < -0.39 is 5.91 Å². The zero-order valence-corrected chi connectivity index (χ0v) is 11.3. The number of benzene rings is 1. The van der Waals surface area contributed by atoms with E-state index in [2.05, 4.69) is 26.1 Å². The molecule has 0 atom stereocenters. The first-order chi connectivity index (χ1) is 8.56. The van der Waals surface area contributed by atoms with Crippen molar-refractivity contribution in [1.82, 2.24) is 10.2 Å². The maximum absolute atomic E-state index is 10.8. The molecule has 0 aliphatic rings. The van der Waals surface area contributed by atoms with E-state index in [1.807, 2.05) is 0 Å². The van der Waals surface area contributed by atoms with Crippen molar-refractivity contribution >= 4 is 33.4 Å². The van der Waals surface area contributed by atoms with Crippen LogP contribution in [0.4, 0.5) is 0 Å². The second-order valence-electron chi connectivity index (χ2n) is 3.30. The summed E-state index contributed by atoms with van der Waals surface area (Å²) in [4.78, 5) is 10.8. The van der Waals surface area contributed by atoms with Crippen LogP contribution in [0.1, 0.15) is 10.5 Å². The molecule has 0 saturated carbocycles. The molecule has 0 aliphatic carbocycles. The van der Waals surface area contributed by atoms with E-state index in [9.17, 15) is 4.79 Å². The molecule has 18 heavy (non-hydrogen) atoms. The number of nitrogens with two attached hydrogens (primary N) is 1. The van der Waals surface area contributed by atoms with Gasteiger partial charge < -0.3 is 10.5 Å². The Labute approximate surface area is 116 Å². The van der Waals surface area contributed by atoms with Crippen LogP contribution in [-0.4, -0.2) is 16.1 Å². The number of nitrogens with zero attached hydrogens (tertiary/aromatic N) is 2. The summed E-state index contributed by atoms with van der Waals surface area (Å²) in [5.41, 5.74) is 5.12. The summed E-state index contributed by atoms with van der Waals surface area (Å²) in [5.74, 6) is 0.0155. The lowest BCUT2D eigenvalue weighted by atomic mass is 10.3. The number of halogens is 2. The summed E-state index contributed by atoms with van der Waals surface area (Å²) in [7, 11) is 0. The average Bonchev–Trinajstić information content (AvgIpc) is 2.34. The molecule has 0 spiro atoms. The van der Waals surface area contributed by atoms with Crippen molar-refractivity contribution in [2.75, 3.05) is 0 Å². The van der Waals surface area contributed by atoms with Crippen LogP contribution < -0.4 is 10.5 Å². The molecule has 7 heteroatoms. The van der Waals surface area contributed by atoms with Gasteiger partial charge >= 0.3 is 0 Å². The summed E-state index contributed by atoms with van der Waals surface area (Å²) in [5, 5.41) is 7.78. The Morgan fingerprint density at radius 3 is 2.67 bits per heavy atom. The zero-order valence-electron chi connectivity index (χ0n) is 8.93. The van der Waals surface area contributed by atoms with Crippen LogP contribution >= 0.6 is 27.5 Å². The molecule has 5 nitrogen and oxygen atoms in total. The van der Waals surface area contributed by atoms with Gasteiger partial charge in [-0.2, -0.15) is 0 Å². The predicted octanol–water partition coefficient (Wildman–Crippen LogP) is 2.78. The third-order valence-corrected chi connectivity index (χ3v) is 2.81. The Kier molecular flexibility index (Phi) is 3.78. The van der Waals surface area contributed by atoms with Gasteiger partial charge in [0.25, 0.3) is 5.91 Å². The van der Waals surface area contributed by atoms with Gasteiger partial charge in [0.2, 0.25) is 5.88 Å². The first kappa shape index (κ1) is 12.8. The second kappa shape index (κ2) is 5.32. The highest BCUT2D eigenvalue weighted by molar-refractivity contribution is 9.10. The lowest BCUT2D eigenvalue weighted by Crippen LogP contribution is -2.13. The highest BCUT2D eigenvalue weighted by atomic mass is 79.9. The molecule has 0 fully saturated rings. The lowest BCUT2D eigenvalue weighted by molar-refractivity contribution is 0.0994. The fraction of sp³-hybridized carbons (Fsp3) is 0. The van der Waals surface area contributed by atoms with Crippen LogP contribution in [0.25, 0.3) is 0 Å². The van der Waals surface area contributed by atoms with Gasteiger partial charge in [-0.25, -0.2) is 0 Å². The fourth-order valence-electron chi connectivity index (χ4n) is 1.17. The van der Waals surface area contributed by atoms with E-state index in [0.717, 1.165) is 4.47 Å². The third kappa shape index (κ3) is 2.96.